The van der Waals surface area contributed by atoms with Crippen LogP contribution < -0.4 is 14.2 Å². The van der Waals surface area contributed by atoms with Crippen LogP contribution in [-0.2, 0) is 25.0 Å². The third-order valence-electron chi connectivity index (χ3n) is 9.70. The largest absolute Gasteiger partial charge is 0.490 e. The quantitative estimate of drug-likeness (QED) is 0.155. The van der Waals surface area contributed by atoms with Crippen LogP contribution in [0.1, 0.15) is 58.1 Å². The van der Waals surface area contributed by atoms with Crippen molar-refractivity contribution in [3.63, 3.8) is 0 Å². The summed E-state index contributed by atoms with van der Waals surface area (Å²) in [5, 5.41) is 5.92. The number of ether oxygens (including phenoxy) is 4. The van der Waals surface area contributed by atoms with E-state index < -0.39 is 5.60 Å². The molecule has 1 aliphatic carbocycles. The van der Waals surface area contributed by atoms with E-state index in [0.717, 1.165) is 71.4 Å². The van der Waals surface area contributed by atoms with Crippen LogP contribution in [0.5, 0.6) is 17.5 Å². The van der Waals surface area contributed by atoms with Gasteiger partial charge in [-0.2, -0.15) is 10.1 Å². The number of benzene rings is 3. The molecule has 9 nitrogen and oxygen atoms in total. The number of carbonyl (C=O) groups is 1. The van der Waals surface area contributed by atoms with Gasteiger partial charge in [-0.15, -0.1) is 0 Å². The van der Waals surface area contributed by atoms with E-state index in [4.69, 9.17) is 29.0 Å². The Labute approximate surface area is 294 Å². The van der Waals surface area contributed by atoms with Gasteiger partial charge < -0.3 is 23.8 Å². The standard InChI is InChI=1S/C41H46N4O5/c1-28-23-41(26-45(27-41)39(46)50-40(2,3)4)21-20-35(28)49-31-16-17-32-34(22-31)44(5)43-37(32)33-18-19-36(47-24-29-12-8-6-9-13-29)42-38(33)48-25-30-14-10-7-11-15-30/h6-19,22,28,35H,20-21,23-27H2,1-5H3/t28-,35+/m1/s1. The summed E-state index contributed by atoms with van der Waals surface area (Å²) in [7, 11) is 1.95. The fourth-order valence-electron chi connectivity index (χ4n) is 7.27. The first-order valence-electron chi connectivity index (χ1n) is 17.5. The molecule has 1 saturated carbocycles. The van der Waals surface area contributed by atoms with Gasteiger partial charge in [0.2, 0.25) is 11.8 Å². The highest BCUT2D eigenvalue weighted by Gasteiger charge is 2.50. The number of likely N-dealkylation sites (tertiary alicyclic amines) is 1. The van der Waals surface area contributed by atoms with E-state index in [-0.39, 0.29) is 17.6 Å². The highest BCUT2D eigenvalue weighted by atomic mass is 16.6. The molecule has 9 heteroatoms. The summed E-state index contributed by atoms with van der Waals surface area (Å²) in [6.45, 7) is 10.3. The summed E-state index contributed by atoms with van der Waals surface area (Å²) in [4.78, 5) is 19.2. The van der Waals surface area contributed by atoms with Crippen molar-refractivity contribution in [1.29, 1.82) is 0 Å². The van der Waals surface area contributed by atoms with Gasteiger partial charge in [0, 0.05) is 43.1 Å². The Kier molecular flexibility index (Phi) is 9.16. The Morgan fingerprint density at radius 3 is 2.24 bits per heavy atom. The number of fused-ring (bicyclic) bond motifs is 1. The number of rotatable bonds is 9. The molecular formula is C41H46N4O5. The number of pyridine rings is 1. The SMILES string of the molecule is C[C@@H]1CC2(CC[C@@H]1Oc1ccc3c(-c4ccc(OCc5ccccc5)nc4OCc4ccccc4)nn(C)c3c1)CN(C(=O)OC(C)(C)C)C2. The molecule has 5 aromatic rings. The van der Waals surface area contributed by atoms with Crippen LogP contribution in [0, 0.1) is 11.3 Å². The topological polar surface area (TPSA) is 87.9 Å². The smallest absolute Gasteiger partial charge is 0.410 e. The molecule has 0 unspecified atom stereocenters. The summed E-state index contributed by atoms with van der Waals surface area (Å²) < 4.78 is 26.5. The molecule has 2 fully saturated rings. The molecule has 1 spiro atoms. The molecule has 2 atom stereocenters. The zero-order chi connectivity index (χ0) is 34.9. The third kappa shape index (κ3) is 7.42. The fraction of sp³-hybridized carbons (Fsp3) is 0.390. The summed E-state index contributed by atoms with van der Waals surface area (Å²) in [5.41, 5.74) is 4.33. The second kappa shape index (κ2) is 13.7. The number of hydrogen-bond acceptors (Lipinski definition) is 7. The van der Waals surface area contributed by atoms with Gasteiger partial charge in [0.15, 0.2) is 0 Å². The second-order valence-electron chi connectivity index (χ2n) is 14.9. The van der Waals surface area contributed by atoms with Gasteiger partial charge in [-0.05, 0) is 75.3 Å². The molecule has 1 amide bonds. The molecule has 0 bridgehead atoms. The monoisotopic (exact) mass is 674 g/mol. The van der Waals surface area contributed by atoms with Crippen LogP contribution in [0.15, 0.2) is 91.0 Å². The molecule has 2 aromatic heterocycles. The molecule has 0 N–H and O–H groups in total. The number of carbonyl (C=O) groups excluding carboxylic acids is 1. The van der Waals surface area contributed by atoms with Gasteiger partial charge in [0.05, 0.1) is 11.1 Å². The van der Waals surface area contributed by atoms with Crippen LogP contribution in [0.3, 0.4) is 0 Å². The Balaban J connectivity index is 1.07. The van der Waals surface area contributed by atoms with Crippen molar-refractivity contribution >= 4 is 17.0 Å². The first kappa shape index (κ1) is 33.4. The second-order valence-corrected chi connectivity index (χ2v) is 14.9. The molecule has 3 aromatic carbocycles. The van der Waals surface area contributed by atoms with Crippen molar-refractivity contribution in [1.82, 2.24) is 19.7 Å². The van der Waals surface area contributed by atoms with Crippen molar-refractivity contribution in [2.75, 3.05) is 13.1 Å². The van der Waals surface area contributed by atoms with E-state index in [1.54, 1.807) is 0 Å². The lowest BCUT2D eigenvalue weighted by atomic mass is 9.64. The Bertz CT molecular complexity index is 1950. The summed E-state index contributed by atoms with van der Waals surface area (Å²) in [6.07, 6.45) is 2.90. The van der Waals surface area contributed by atoms with Crippen LogP contribution >= 0.6 is 0 Å². The number of aromatic nitrogens is 3. The van der Waals surface area contributed by atoms with Crippen LogP contribution in [0.25, 0.3) is 22.2 Å². The summed E-state index contributed by atoms with van der Waals surface area (Å²) >= 11 is 0. The number of hydrogen-bond donors (Lipinski definition) is 0. The van der Waals surface area contributed by atoms with Crippen LogP contribution in [0.2, 0.25) is 0 Å². The predicted octanol–water partition coefficient (Wildman–Crippen LogP) is 8.60. The van der Waals surface area contributed by atoms with Crippen molar-refractivity contribution in [3.05, 3.63) is 102 Å². The lowest BCUT2D eigenvalue weighted by molar-refractivity contribution is -0.0757. The van der Waals surface area contributed by atoms with Gasteiger partial charge in [-0.3, -0.25) is 4.68 Å². The van der Waals surface area contributed by atoms with Gasteiger partial charge in [0.25, 0.3) is 0 Å². The zero-order valence-corrected chi connectivity index (χ0v) is 29.6. The lowest BCUT2D eigenvalue weighted by Crippen LogP contribution is -2.61. The van der Waals surface area contributed by atoms with Crippen LogP contribution in [0.4, 0.5) is 4.79 Å². The van der Waals surface area contributed by atoms with Crippen molar-refractivity contribution in [3.8, 4) is 28.8 Å². The number of nitrogens with zero attached hydrogens (tertiary/aromatic N) is 4. The normalized spacial score (nSPS) is 18.5. The molecule has 3 heterocycles. The van der Waals surface area contributed by atoms with Crippen molar-refractivity contribution in [2.24, 2.45) is 18.4 Å². The van der Waals surface area contributed by atoms with E-state index in [9.17, 15) is 4.79 Å². The molecule has 260 valence electrons. The molecule has 1 saturated heterocycles. The predicted molar refractivity (Wildman–Crippen MR) is 193 cm³/mol. The van der Waals surface area contributed by atoms with E-state index in [0.29, 0.717) is 30.9 Å². The van der Waals surface area contributed by atoms with E-state index in [1.165, 1.54) is 0 Å². The highest BCUT2D eigenvalue weighted by molar-refractivity contribution is 5.95. The minimum absolute atomic E-state index is 0.104. The number of aryl methyl sites for hydroxylation is 1. The fourth-order valence-corrected chi connectivity index (χ4v) is 7.27. The van der Waals surface area contributed by atoms with Gasteiger partial charge in [-0.25, -0.2) is 4.79 Å². The third-order valence-corrected chi connectivity index (χ3v) is 9.70. The minimum Gasteiger partial charge on any atom is -0.490 e. The summed E-state index contributed by atoms with van der Waals surface area (Å²) in [6, 6.07) is 30.1. The molecule has 0 radical (unpaired) electrons. The maximum absolute atomic E-state index is 12.5. The van der Waals surface area contributed by atoms with E-state index >= 15 is 0 Å². The van der Waals surface area contributed by atoms with Crippen molar-refractivity contribution < 1.29 is 23.7 Å². The van der Waals surface area contributed by atoms with E-state index in [1.807, 2.05) is 116 Å². The summed E-state index contributed by atoms with van der Waals surface area (Å²) in [5.74, 6) is 2.14. The molecular weight excluding hydrogens is 628 g/mol. The Morgan fingerprint density at radius 2 is 1.58 bits per heavy atom. The highest BCUT2D eigenvalue weighted by Crippen LogP contribution is 2.47. The van der Waals surface area contributed by atoms with Crippen molar-refractivity contribution in [2.45, 2.75) is 71.9 Å². The minimum atomic E-state index is -0.480. The first-order valence-corrected chi connectivity index (χ1v) is 17.5. The number of amides is 1. The van der Waals surface area contributed by atoms with Crippen LogP contribution in [-0.4, -0.2) is 50.6 Å². The molecule has 2 aliphatic rings. The van der Waals surface area contributed by atoms with Gasteiger partial charge >= 0.3 is 6.09 Å². The molecule has 7 rings (SSSR count). The average Bonchev–Trinajstić information content (AvgIpc) is 3.41. The Hall–Kier alpha value is -5.05. The maximum Gasteiger partial charge on any atom is 0.410 e. The van der Waals surface area contributed by atoms with Gasteiger partial charge in [0.1, 0.15) is 36.4 Å². The maximum atomic E-state index is 12.5. The Morgan fingerprint density at radius 1 is 0.900 bits per heavy atom. The first-order chi connectivity index (χ1) is 24.0. The zero-order valence-electron chi connectivity index (χ0n) is 29.6. The molecule has 50 heavy (non-hydrogen) atoms. The lowest BCUT2D eigenvalue weighted by Gasteiger charge is -2.54. The van der Waals surface area contributed by atoms with Gasteiger partial charge in [-0.1, -0.05) is 67.6 Å². The average molecular weight is 675 g/mol. The molecule has 1 aliphatic heterocycles. The van der Waals surface area contributed by atoms with E-state index in [2.05, 4.69) is 19.1 Å².